The Bertz CT molecular complexity index is 295. The largest absolute Gasteiger partial charge is 0.381 e. The lowest BCUT2D eigenvalue weighted by Gasteiger charge is -2.20. The van der Waals surface area contributed by atoms with Crippen LogP contribution in [-0.4, -0.2) is 51.5 Å². The lowest BCUT2D eigenvalue weighted by molar-refractivity contribution is 0.0893. The Balaban J connectivity index is 0.00000441. The minimum atomic E-state index is 0. The van der Waals surface area contributed by atoms with Gasteiger partial charge < -0.3 is 20.1 Å². The van der Waals surface area contributed by atoms with E-state index in [1.807, 2.05) is 0 Å². The molecule has 2 atom stereocenters. The molecule has 0 spiro atoms. The smallest absolute Gasteiger partial charge is 0.191 e. The van der Waals surface area contributed by atoms with E-state index < -0.39 is 0 Å². The molecule has 0 aromatic rings. The van der Waals surface area contributed by atoms with E-state index in [0.29, 0.717) is 17.9 Å². The Morgan fingerprint density at radius 2 is 2.14 bits per heavy atom. The zero-order valence-corrected chi connectivity index (χ0v) is 16.9. The van der Waals surface area contributed by atoms with Crippen molar-refractivity contribution in [1.82, 2.24) is 10.6 Å². The van der Waals surface area contributed by atoms with Gasteiger partial charge in [-0.2, -0.15) is 0 Å². The quantitative estimate of drug-likeness (QED) is 0.257. The summed E-state index contributed by atoms with van der Waals surface area (Å²) in [6, 6.07) is 0.418. The summed E-state index contributed by atoms with van der Waals surface area (Å²) in [6.45, 7) is 13.7. The van der Waals surface area contributed by atoms with Gasteiger partial charge in [0, 0.05) is 38.3 Å². The maximum absolute atomic E-state index is 5.69. The number of nitrogens with zero attached hydrogens (tertiary/aromatic N) is 1. The van der Waals surface area contributed by atoms with Crippen molar-refractivity contribution >= 4 is 29.9 Å². The molecule has 2 N–H and O–H groups in total. The Morgan fingerprint density at radius 3 is 2.73 bits per heavy atom. The van der Waals surface area contributed by atoms with E-state index >= 15 is 0 Å². The second-order valence-corrected chi connectivity index (χ2v) is 6.10. The molecule has 1 saturated heterocycles. The van der Waals surface area contributed by atoms with E-state index in [4.69, 9.17) is 9.47 Å². The van der Waals surface area contributed by atoms with E-state index in [1.54, 1.807) is 0 Å². The summed E-state index contributed by atoms with van der Waals surface area (Å²) in [6.07, 6.45) is 2.10. The molecule has 5 nitrogen and oxygen atoms in total. The third-order valence-electron chi connectivity index (χ3n) is 3.80. The van der Waals surface area contributed by atoms with Crippen molar-refractivity contribution in [2.75, 3.05) is 39.5 Å². The predicted molar refractivity (Wildman–Crippen MR) is 103 cm³/mol. The van der Waals surface area contributed by atoms with Crippen LogP contribution in [0.15, 0.2) is 4.99 Å². The molecule has 1 fully saturated rings. The molecule has 22 heavy (non-hydrogen) atoms. The Hall–Kier alpha value is -0.0800. The number of halogens is 1. The van der Waals surface area contributed by atoms with Crippen LogP contribution >= 0.6 is 24.0 Å². The molecule has 0 aromatic heterocycles. The molecule has 0 aliphatic carbocycles. The van der Waals surface area contributed by atoms with Crippen molar-refractivity contribution in [3.05, 3.63) is 0 Å². The highest BCUT2D eigenvalue weighted by molar-refractivity contribution is 14.0. The minimum absolute atomic E-state index is 0. The first-order valence-corrected chi connectivity index (χ1v) is 8.33. The van der Waals surface area contributed by atoms with E-state index in [2.05, 4.69) is 43.3 Å². The topological polar surface area (TPSA) is 54.9 Å². The van der Waals surface area contributed by atoms with Crippen LogP contribution in [0.25, 0.3) is 0 Å². The predicted octanol–water partition coefficient (Wildman–Crippen LogP) is 2.65. The van der Waals surface area contributed by atoms with Crippen LogP contribution in [-0.2, 0) is 9.47 Å². The van der Waals surface area contributed by atoms with E-state index in [0.717, 1.165) is 58.3 Å². The van der Waals surface area contributed by atoms with Crippen molar-refractivity contribution in [2.45, 2.75) is 46.6 Å². The molecule has 0 radical (unpaired) electrons. The molecule has 1 aliphatic rings. The van der Waals surface area contributed by atoms with Gasteiger partial charge in [-0.1, -0.05) is 13.8 Å². The number of aliphatic imine (C=N–C) groups is 1. The second kappa shape index (κ2) is 13.4. The van der Waals surface area contributed by atoms with Crippen LogP contribution in [0.3, 0.4) is 0 Å². The van der Waals surface area contributed by atoms with Gasteiger partial charge in [-0.05, 0) is 32.6 Å². The van der Waals surface area contributed by atoms with Gasteiger partial charge in [0.05, 0.1) is 13.2 Å². The highest BCUT2D eigenvalue weighted by Gasteiger charge is 2.15. The maximum atomic E-state index is 5.69. The third kappa shape index (κ3) is 9.84. The van der Waals surface area contributed by atoms with Gasteiger partial charge in [-0.25, -0.2) is 0 Å². The molecular formula is C16H34IN3O2. The van der Waals surface area contributed by atoms with Gasteiger partial charge >= 0.3 is 0 Å². The highest BCUT2D eigenvalue weighted by atomic mass is 127. The van der Waals surface area contributed by atoms with Crippen LogP contribution in [0.2, 0.25) is 0 Å². The summed E-state index contributed by atoms with van der Waals surface area (Å²) in [5.41, 5.74) is 0. The minimum Gasteiger partial charge on any atom is -0.381 e. The molecule has 6 heteroatoms. The lowest BCUT2D eigenvalue weighted by Crippen LogP contribution is -2.44. The molecule has 132 valence electrons. The Kier molecular flexibility index (Phi) is 13.3. The van der Waals surface area contributed by atoms with Gasteiger partial charge in [0.25, 0.3) is 0 Å². The average molecular weight is 427 g/mol. The molecule has 2 unspecified atom stereocenters. The molecule has 0 saturated carbocycles. The van der Waals surface area contributed by atoms with Gasteiger partial charge in [0.15, 0.2) is 5.96 Å². The summed E-state index contributed by atoms with van der Waals surface area (Å²) in [4.78, 5) is 4.59. The van der Waals surface area contributed by atoms with Crippen molar-refractivity contribution in [3.8, 4) is 0 Å². The molecule has 0 aromatic carbocycles. The van der Waals surface area contributed by atoms with Gasteiger partial charge in [-0.15, -0.1) is 24.0 Å². The third-order valence-corrected chi connectivity index (χ3v) is 3.80. The standard InChI is InChI=1S/C16H33N3O2.HI/c1-5-17-16(19-14(4)13(2)3)18-8-6-9-20-11-15-7-10-21-12-15;/h13-15H,5-12H2,1-4H3,(H2,17,18,19);1H. The SMILES string of the molecule is CCNC(=NCCCOCC1CCOC1)NC(C)C(C)C.I. The van der Waals surface area contributed by atoms with Crippen molar-refractivity contribution in [1.29, 1.82) is 0 Å². The fourth-order valence-electron chi connectivity index (χ4n) is 2.02. The summed E-state index contributed by atoms with van der Waals surface area (Å²) >= 11 is 0. The normalized spacial score (nSPS) is 19.9. The van der Waals surface area contributed by atoms with Crippen LogP contribution in [0.1, 0.15) is 40.5 Å². The first kappa shape index (κ1) is 21.9. The molecule has 1 heterocycles. The van der Waals surface area contributed by atoms with Crippen molar-refractivity contribution < 1.29 is 9.47 Å². The summed E-state index contributed by atoms with van der Waals surface area (Å²) < 4.78 is 11.0. The first-order chi connectivity index (χ1) is 10.1. The van der Waals surface area contributed by atoms with Crippen LogP contribution in [0.4, 0.5) is 0 Å². The molecule has 1 aliphatic heterocycles. The van der Waals surface area contributed by atoms with Gasteiger partial charge in [-0.3, -0.25) is 4.99 Å². The molecule has 0 bridgehead atoms. The first-order valence-electron chi connectivity index (χ1n) is 8.33. The van der Waals surface area contributed by atoms with Crippen LogP contribution in [0.5, 0.6) is 0 Å². The molecular weight excluding hydrogens is 393 g/mol. The van der Waals surface area contributed by atoms with Crippen molar-refractivity contribution in [3.63, 3.8) is 0 Å². The number of rotatable bonds is 9. The van der Waals surface area contributed by atoms with Gasteiger partial charge in [0.2, 0.25) is 0 Å². The number of guanidine groups is 1. The van der Waals surface area contributed by atoms with Gasteiger partial charge in [0.1, 0.15) is 0 Å². The lowest BCUT2D eigenvalue weighted by atomic mass is 10.1. The fraction of sp³-hybridized carbons (Fsp3) is 0.938. The summed E-state index contributed by atoms with van der Waals surface area (Å²) in [7, 11) is 0. The van der Waals surface area contributed by atoms with Crippen LogP contribution in [0, 0.1) is 11.8 Å². The highest BCUT2D eigenvalue weighted by Crippen LogP contribution is 2.12. The zero-order valence-electron chi connectivity index (χ0n) is 14.6. The number of ether oxygens (including phenoxy) is 2. The number of hydrogen-bond donors (Lipinski definition) is 2. The maximum Gasteiger partial charge on any atom is 0.191 e. The zero-order chi connectivity index (χ0) is 15.5. The average Bonchev–Trinajstić information content (AvgIpc) is 2.95. The molecule has 1 rings (SSSR count). The number of nitrogens with one attached hydrogen (secondary N) is 2. The molecule has 0 amide bonds. The van der Waals surface area contributed by atoms with E-state index in [1.165, 1.54) is 0 Å². The van der Waals surface area contributed by atoms with E-state index in [9.17, 15) is 0 Å². The van der Waals surface area contributed by atoms with Crippen molar-refractivity contribution in [2.24, 2.45) is 16.8 Å². The second-order valence-electron chi connectivity index (χ2n) is 6.10. The summed E-state index contributed by atoms with van der Waals surface area (Å²) in [5.74, 6) is 2.09. The fourth-order valence-corrected chi connectivity index (χ4v) is 2.02. The Labute approximate surface area is 153 Å². The number of hydrogen-bond acceptors (Lipinski definition) is 3. The summed E-state index contributed by atoms with van der Waals surface area (Å²) in [5, 5.41) is 6.72. The van der Waals surface area contributed by atoms with Crippen LogP contribution < -0.4 is 10.6 Å². The Morgan fingerprint density at radius 1 is 1.36 bits per heavy atom. The monoisotopic (exact) mass is 427 g/mol. The van der Waals surface area contributed by atoms with E-state index in [-0.39, 0.29) is 24.0 Å².